The average Bonchev–Trinajstić information content (AvgIpc) is 2.79. The number of benzene rings is 3. The van der Waals surface area contributed by atoms with Gasteiger partial charge in [-0.1, -0.05) is 72.8 Å². The highest BCUT2D eigenvalue weighted by Gasteiger charge is 2.15. The SMILES string of the molecule is CN(C)c1ccc(/C=C/c2cc(-c3ccccc3)[n+](C)cc2-c2ccccc2)cc1.[I-]. The summed E-state index contributed by atoms with van der Waals surface area (Å²) in [6.45, 7) is 0. The van der Waals surface area contributed by atoms with Gasteiger partial charge in [0.15, 0.2) is 6.20 Å². The predicted octanol–water partition coefficient (Wildman–Crippen LogP) is 3.09. The molecule has 156 valence electrons. The molecule has 0 spiro atoms. The predicted molar refractivity (Wildman–Crippen MR) is 128 cm³/mol. The second-order valence-corrected chi connectivity index (χ2v) is 7.69. The molecule has 0 saturated carbocycles. The van der Waals surface area contributed by atoms with Crippen molar-refractivity contribution in [3.8, 4) is 22.4 Å². The third kappa shape index (κ3) is 5.42. The number of hydrogen-bond donors (Lipinski definition) is 0. The molecular formula is C28H27IN2. The summed E-state index contributed by atoms with van der Waals surface area (Å²) in [7, 11) is 6.24. The van der Waals surface area contributed by atoms with Crippen molar-refractivity contribution < 1.29 is 28.5 Å². The van der Waals surface area contributed by atoms with E-state index in [0.717, 1.165) is 0 Å². The summed E-state index contributed by atoms with van der Waals surface area (Å²) in [5, 5.41) is 0. The number of hydrogen-bond acceptors (Lipinski definition) is 1. The molecule has 0 N–H and O–H groups in total. The molecule has 0 atom stereocenters. The van der Waals surface area contributed by atoms with E-state index in [2.05, 4.69) is 140 Å². The maximum absolute atomic E-state index is 2.28. The van der Waals surface area contributed by atoms with Crippen LogP contribution in [0.1, 0.15) is 11.1 Å². The fourth-order valence-corrected chi connectivity index (χ4v) is 3.63. The molecule has 0 radical (unpaired) electrons. The molecule has 1 heterocycles. The lowest BCUT2D eigenvalue weighted by molar-refractivity contribution is -0.659. The molecule has 0 bridgehead atoms. The lowest BCUT2D eigenvalue weighted by Gasteiger charge is -2.12. The number of rotatable bonds is 5. The Morgan fingerprint density at radius 2 is 1.29 bits per heavy atom. The van der Waals surface area contributed by atoms with Crippen molar-refractivity contribution in [2.24, 2.45) is 7.05 Å². The van der Waals surface area contributed by atoms with E-state index in [-0.39, 0.29) is 24.0 Å². The van der Waals surface area contributed by atoms with E-state index in [9.17, 15) is 0 Å². The molecule has 3 heteroatoms. The van der Waals surface area contributed by atoms with E-state index in [1.807, 2.05) is 0 Å². The quantitative estimate of drug-likeness (QED) is 0.291. The van der Waals surface area contributed by atoms with Crippen molar-refractivity contribution in [2.75, 3.05) is 19.0 Å². The number of aryl methyl sites for hydroxylation is 1. The summed E-state index contributed by atoms with van der Waals surface area (Å²) < 4.78 is 2.21. The zero-order valence-corrected chi connectivity index (χ0v) is 20.3. The van der Waals surface area contributed by atoms with Crippen LogP contribution in [0.2, 0.25) is 0 Å². The zero-order valence-electron chi connectivity index (χ0n) is 18.2. The number of anilines is 1. The van der Waals surface area contributed by atoms with Crippen LogP contribution >= 0.6 is 0 Å². The fourth-order valence-electron chi connectivity index (χ4n) is 3.63. The molecule has 31 heavy (non-hydrogen) atoms. The van der Waals surface area contributed by atoms with Gasteiger partial charge in [-0.05, 0) is 41.0 Å². The van der Waals surface area contributed by atoms with Crippen LogP contribution in [-0.2, 0) is 7.05 Å². The van der Waals surface area contributed by atoms with Crippen LogP contribution in [0.25, 0.3) is 34.5 Å². The molecule has 4 aromatic rings. The molecule has 0 amide bonds. The molecule has 0 saturated heterocycles. The van der Waals surface area contributed by atoms with Crippen LogP contribution in [0.5, 0.6) is 0 Å². The van der Waals surface area contributed by atoms with Crippen LogP contribution in [0.3, 0.4) is 0 Å². The first-order valence-corrected chi connectivity index (χ1v) is 10.2. The van der Waals surface area contributed by atoms with Gasteiger partial charge < -0.3 is 28.9 Å². The summed E-state index contributed by atoms with van der Waals surface area (Å²) in [5.74, 6) is 0. The van der Waals surface area contributed by atoms with Gasteiger partial charge in [0.25, 0.3) is 0 Å². The van der Waals surface area contributed by atoms with E-state index in [0.29, 0.717) is 0 Å². The van der Waals surface area contributed by atoms with Crippen molar-refractivity contribution in [3.05, 3.63) is 108 Å². The highest BCUT2D eigenvalue weighted by Crippen LogP contribution is 2.28. The van der Waals surface area contributed by atoms with Gasteiger partial charge in [-0.3, -0.25) is 0 Å². The summed E-state index contributed by atoms with van der Waals surface area (Å²) in [6.07, 6.45) is 6.64. The summed E-state index contributed by atoms with van der Waals surface area (Å²) in [4.78, 5) is 2.12. The second kappa shape index (κ2) is 10.4. The topological polar surface area (TPSA) is 7.12 Å². The van der Waals surface area contributed by atoms with E-state index >= 15 is 0 Å². The Morgan fingerprint density at radius 1 is 0.710 bits per heavy atom. The maximum atomic E-state index is 2.28. The Labute approximate surface area is 202 Å². The molecule has 0 fully saturated rings. The lowest BCUT2D eigenvalue weighted by Crippen LogP contribution is -3.00. The second-order valence-electron chi connectivity index (χ2n) is 7.69. The largest absolute Gasteiger partial charge is 1.00 e. The van der Waals surface area contributed by atoms with Crippen LogP contribution < -0.4 is 33.4 Å². The van der Waals surface area contributed by atoms with Crippen molar-refractivity contribution in [3.63, 3.8) is 0 Å². The first kappa shape index (κ1) is 22.8. The monoisotopic (exact) mass is 518 g/mol. The third-order valence-electron chi connectivity index (χ3n) is 5.33. The Kier molecular flexibility index (Phi) is 7.64. The normalized spacial score (nSPS) is 10.7. The number of nitrogens with zero attached hydrogens (tertiary/aromatic N) is 2. The Bertz CT molecular complexity index is 1150. The maximum Gasteiger partial charge on any atom is 0.212 e. The number of pyridine rings is 1. The minimum Gasteiger partial charge on any atom is -1.00 e. The first-order chi connectivity index (χ1) is 14.6. The first-order valence-electron chi connectivity index (χ1n) is 10.2. The summed E-state index contributed by atoms with van der Waals surface area (Å²) in [6, 6.07) is 32.0. The van der Waals surface area contributed by atoms with Gasteiger partial charge in [0.05, 0.1) is 5.56 Å². The van der Waals surface area contributed by atoms with Gasteiger partial charge >= 0.3 is 0 Å². The molecule has 0 unspecified atom stereocenters. The van der Waals surface area contributed by atoms with Crippen LogP contribution in [0.4, 0.5) is 5.69 Å². The minimum absolute atomic E-state index is 0. The van der Waals surface area contributed by atoms with Gasteiger partial charge in [-0.25, -0.2) is 4.57 Å². The van der Waals surface area contributed by atoms with Gasteiger partial charge in [-0.15, -0.1) is 0 Å². The molecule has 4 rings (SSSR count). The molecule has 0 aliphatic carbocycles. The number of halogens is 1. The highest BCUT2D eigenvalue weighted by molar-refractivity contribution is 5.82. The lowest BCUT2D eigenvalue weighted by atomic mass is 9.98. The van der Waals surface area contributed by atoms with Gasteiger partial charge in [-0.2, -0.15) is 0 Å². The summed E-state index contributed by atoms with van der Waals surface area (Å²) >= 11 is 0. The Hall–Kier alpha value is -2.92. The molecule has 1 aromatic heterocycles. The van der Waals surface area contributed by atoms with Crippen LogP contribution in [-0.4, -0.2) is 14.1 Å². The summed E-state index contributed by atoms with van der Waals surface area (Å²) in [5.41, 5.74) is 8.44. The molecular weight excluding hydrogens is 491 g/mol. The minimum atomic E-state index is 0. The van der Waals surface area contributed by atoms with E-state index in [4.69, 9.17) is 0 Å². The van der Waals surface area contributed by atoms with Gasteiger partial charge in [0, 0.05) is 31.4 Å². The molecule has 0 aliphatic rings. The van der Waals surface area contributed by atoms with Crippen LogP contribution in [0, 0.1) is 0 Å². The molecule has 3 aromatic carbocycles. The van der Waals surface area contributed by atoms with Gasteiger partial charge in [0.1, 0.15) is 7.05 Å². The van der Waals surface area contributed by atoms with Crippen LogP contribution in [0.15, 0.2) is 97.2 Å². The fraction of sp³-hybridized carbons (Fsp3) is 0.107. The van der Waals surface area contributed by atoms with E-state index in [1.54, 1.807) is 0 Å². The zero-order chi connectivity index (χ0) is 20.9. The van der Waals surface area contributed by atoms with Crippen molar-refractivity contribution in [2.45, 2.75) is 0 Å². The Balaban J connectivity index is 0.00000272. The van der Waals surface area contributed by atoms with E-state index < -0.39 is 0 Å². The Morgan fingerprint density at radius 3 is 1.87 bits per heavy atom. The molecule has 2 nitrogen and oxygen atoms in total. The highest BCUT2D eigenvalue weighted by atomic mass is 127. The third-order valence-corrected chi connectivity index (χ3v) is 5.33. The average molecular weight is 518 g/mol. The standard InChI is InChI=1S/C28H27N2.HI/c1-29(2)26-18-15-22(16-19-26)14-17-25-20-28(24-12-8-5-9-13-24)30(3)21-27(25)23-10-6-4-7-11-23;/h4-21H,1-3H3;1H/q+1;/p-1. The van der Waals surface area contributed by atoms with Crippen molar-refractivity contribution in [1.82, 2.24) is 0 Å². The van der Waals surface area contributed by atoms with Crippen molar-refractivity contribution in [1.29, 1.82) is 0 Å². The smallest absolute Gasteiger partial charge is 0.212 e. The number of aromatic nitrogens is 1. The van der Waals surface area contributed by atoms with Crippen molar-refractivity contribution >= 4 is 17.8 Å². The van der Waals surface area contributed by atoms with E-state index in [1.165, 1.54) is 39.2 Å². The van der Waals surface area contributed by atoms with Gasteiger partial charge in [0.2, 0.25) is 5.69 Å². The molecule has 0 aliphatic heterocycles.